The Bertz CT molecular complexity index is 278. The summed E-state index contributed by atoms with van der Waals surface area (Å²) in [5, 5.41) is 0. The Morgan fingerprint density at radius 3 is 2.79 bits per heavy atom. The number of hydrogen-bond acceptors (Lipinski definition) is 2. The lowest BCUT2D eigenvalue weighted by Crippen LogP contribution is -2.18. The molecule has 0 radical (unpaired) electrons. The van der Waals surface area contributed by atoms with Crippen LogP contribution < -0.4 is 5.73 Å². The molecule has 0 aliphatic rings. The molecule has 1 aromatic carbocycles. The molecule has 1 rings (SSSR count). The van der Waals surface area contributed by atoms with Crippen LogP contribution in [0.5, 0.6) is 0 Å². The zero-order valence-electron chi connectivity index (χ0n) is 8.37. The van der Waals surface area contributed by atoms with Gasteiger partial charge < -0.3 is 10.5 Å². The van der Waals surface area contributed by atoms with Crippen LogP contribution >= 0.6 is 22.6 Å². The van der Waals surface area contributed by atoms with Gasteiger partial charge in [0, 0.05) is 10.2 Å². The molecule has 2 N–H and O–H groups in total. The Morgan fingerprint density at radius 1 is 1.43 bits per heavy atom. The topological polar surface area (TPSA) is 35.2 Å². The van der Waals surface area contributed by atoms with E-state index < -0.39 is 0 Å². The molecule has 3 heteroatoms. The zero-order chi connectivity index (χ0) is 10.4. The van der Waals surface area contributed by atoms with Gasteiger partial charge in [0.2, 0.25) is 0 Å². The molecule has 0 aliphatic heterocycles. The molecule has 0 aromatic heterocycles. The van der Waals surface area contributed by atoms with E-state index in [9.17, 15) is 0 Å². The number of hydrogen-bond donors (Lipinski definition) is 1. The summed E-state index contributed by atoms with van der Waals surface area (Å²) in [6.45, 7) is 3.49. The normalized spacial score (nSPS) is 12.8. The molecule has 0 saturated carbocycles. The first kappa shape index (κ1) is 11.9. The van der Waals surface area contributed by atoms with Gasteiger partial charge in [-0.1, -0.05) is 25.1 Å². The average molecular weight is 305 g/mol. The van der Waals surface area contributed by atoms with Crippen molar-refractivity contribution >= 4 is 22.6 Å². The van der Waals surface area contributed by atoms with Gasteiger partial charge in [0.15, 0.2) is 0 Å². The quantitative estimate of drug-likeness (QED) is 0.670. The maximum Gasteiger partial charge on any atom is 0.0659 e. The number of nitrogens with two attached hydrogens (primary N) is 1. The van der Waals surface area contributed by atoms with Gasteiger partial charge >= 0.3 is 0 Å². The van der Waals surface area contributed by atoms with Crippen molar-refractivity contribution in [3.8, 4) is 0 Å². The van der Waals surface area contributed by atoms with Gasteiger partial charge in [-0.3, -0.25) is 0 Å². The smallest absolute Gasteiger partial charge is 0.0659 e. The molecule has 0 amide bonds. The van der Waals surface area contributed by atoms with Crippen molar-refractivity contribution < 1.29 is 4.74 Å². The highest BCUT2D eigenvalue weighted by Crippen LogP contribution is 2.18. The third-order valence-corrected chi connectivity index (χ3v) is 2.93. The van der Waals surface area contributed by atoms with E-state index in [1.165, 1.54) is 9.13 Å². The molecule has 0 spiro atoms. The van der Waals surface area contributed by atoms with Gasteiger partial charge in [-0.2, -0.15) is 0 Å². The molecule has 0 aliphatic carbocycles. The van der Waals surface area contributed by atoms with Crippen LogP contribution in [0.25, 0.3) is 0 Å². The first-order valence-corrected chi connectivity index (χ1v) is 5.91. The van der Waals surface area contributed by atoms with Gasteiger partial charge in [-0.05, 0) is 40.6 Å². The van der Waals surface area contributed by atoms with Crippen LogP contribution in [0.2, 0.25) is 0 Å². The van der Waals surface area contributed by atoms with Gasteiger partial charge in [-0.15, -0.1) is 0 Å². The first-order chi connectivity index (χ1) is 6.75. The summed E-state index contributed by atoms with van der Waals surface area (Å²) in [5.41, 5.74) is 7.18. The van der Waals surface area contributed by atoms with Gasteiger partial charge in [0.05, 0.1) is 12.6 Å². The summed E-state index contributed by atoms with van der Waals surface area (Å²) >= 11 is 2.30. The Hall–Kier alpha value is -0.130. The van der Waals surface area contributed by atoms with E-state index in [-0.39, 0.29) is 6.04 Å². The Balaban J connectivity index is 2.51. The fraction of sp³-hybridized carbons (Fsp3) is 0.455. The Labute approximate surface area is 99.0 Å². The van der Waals surface area contributed by atoms with Gasteiger partial charge in [0.1, 0.15) is 0 Å². The zero-order valence-corrected chi connectivity index (χ0v) is 10.5. The molecule has 78 valence electrons. The van der Waals surface area contributed by atoms with Gasteiger partial charge in [-0.25, -0.2) is 0 Å². The molecular weight excluding hydrogens is 289 g/mol. The van der Waals surface area contributed by atoms with Crippen molar-refractivity contribution in [2.45, 2.75) is 19.4 Å². The molecule has 0 bridgehead atoms. The lowest BCUT2D eigenvalue weighted by Gasteiger charge is -2.13. The first-order valence-electron chi connectivity index (χ1n) is 4.83. The largest absolute Gasteiger partial charge is 0.379 e. The molecule has 2 nitrogen and oxygen atoms in total. The highest BCUT2D eigenvalue weighted by molar-refractivity contribution is 14.1. The van der Waals surface area contributed by atoms with E-state index in [0.717, 1.165) is 13.0 Å². The lowest BCUT2D eigenvalue weighted by atomic mass is 10.1. The Morgan fingerprint density at radius 2 is 2.14 bits per heavy atom. The summed E-state index contributed by atoms with van der Waals surface area (Å²) in [6.07, 6.45) is 1.04. The second-order valence-corrected chi connectivity index (χ2v) is 4.37. The molecule has 0 fully saturated rings. The molecule has 0 saturated heterocycles. The molecule has 0 heterocycles. The van der Waals surface area contributed by atoms with E-state index in [1.54, 1.807) is 0 Å². The van der Waals surface area contributed by atoms with Crippen LogP contribution in [0.3, 0.4) is 0 Å². The van der Waals surface area contributed by atoms with Crippen molar-refractivity contribution in [1.29, 1.82) is 0 Å². The SMILES string of the molecule is CCCOCC(N)c1ccccc1I. The Kier molecular flexibility index (Phi) is 5.44. The second kappa shape index (κ2) is 6.37. The van der Waals surface area contributed by atoms with E-state index in [1.807, 2.05) is 12.1 Å². The van der Waals surface area contributed by atoms with Crippen LogP contribution in [0.1, 0.15) is 24.9 Å². The van der Waals surface area contributed by atoms with E-state index in [4.69, 9.17) is 10.5 Å². The minimum atomic E-state index is -0.00495. The molecular formula is C11H16INO. The van der Waals surface area contributed by atoms with Crippen molar-refractivity contribution in [1.82, 2.24) is 0 Å². The number of halogens is 1. The molecule has 1 unspecified atom stereocenters. The molecule has 14 heavy (non-hydrogen) atoms. The van der Waals surface area contributed by atoms with Crippen molar-refractivity contribution in [2.24, 2.45) is 5.73 Å². The minimum absolute atomic E-state index is 0.00495. The third kappa shape index (κ3) is 3.55. The van der Waals surface area contributed by atoms with E-state index in [2.05, 4.69) is 41.6 Å². The average Bonchev–Trinajstić information content (AvgIpc) is 2.18. The standard InChI is InChI=1S/C11H16INO/c1-2-7-14-8-11(13)9-5-3-4-6-10(9)12/h3-6,11H,2,7-8,13H2,1H3. The minimum Gasteiger partial charge on any atom is -0.379 e. The predicted octanol–water partition coefficient (Wildman–Crippen LogP) is 2.72. The van der Waals surface area contributed by atoms with Crippen LogP contribution in [0.15, 0.2) is 24.3 Å². The van der Waals surface area contributed by atoms with Gasteiger partial charge in [0.25, 0.3) is 0 Å². The van der Waals surface area contributed by atoms with Crippen LogP contribution in [-0.4, -0.2) is 13.2 Å². The van der Waals surface area contributed by atoms with E-state index in [0.29, 0.717) is 6.61 Å². The van der Waals surface area contributed by atoms with Crippen LogP contribution in [0.4, 0.5) is 0 Å². The van der Waals surface area contributed by atoms with E-state index >= 15 is 0 Å². The second-order valence-electron chi connectivity index (χ2n) is 3.20. The fourth-order valence-electron chi connectivity index (χ4n) is 1.22. The van der Waals surface area contributed by atoms with Crippen molar-refractivity contribution in [3.63, 3.8) is 0 Å². The fourth-order valence-corrected chi connectivity index (χ4v) is 2.01. The summed E-state index contributed by atoms with van der Waals surface area (Å²) in [7, 11) is 0. The summed E-state index contributed by atoms with van der Waals surface area (Å²) in [4.78, 5) is 0. The number of benzene rings is 1. The summed E-state index contributed by atoms with van der Waals surface area (Å²) in [5.74, 6) is 0. The summed E-state index contributed by atoms with van der Waals surface area (Å²) < 4.78 is 6.63. The number of ether oxygens (including phenoxy) is 1. The monoisotopic (exact) mass is 305 g/mol. The van der Waals surface area contributed by atoms with Crippen molar-refractivity contribution in [2.75, 3.05) is 13.2 Å². The highest BCUT2D eigenvalue weighted by Gasteiger charge is 2.08. The van der Waals surface area contributed by atoms with Crippen LogP contribution in [0, 0.1) is 3.57 Å². The lowest BCUT2D eigenvalue weighted by molar-refractivity contribution is 0.121. The van der Waals surface area contributed by atoms with Crippen LogP contribution in [-0.2, 0) is 4.74 Å². The predicted molar refractivity (Wildman–Crippen MR) is 67.2 cm³/mol. The third-order valence-electron chi connectivity index (χ3n) is 1.95. The maximum absolute atomic E-state index is 6.01. The summed E-state index contributed by atoms with van der Waals surface area (Å²) in [6, 6.07) is 8.15. The highest BCUT2D eigenvalue weighted by atomic mass is 127. The molecule has 1 aromatic rings. The molecule has 1 atom stereocenters. The maximum atomic E-state index is 6.01. The van der Waals surface area contributed by atoms with Crippen molar-refractivity contribution in [3.05, 3.63) is 33.4 Å². The number of rotatable bonds is 5.